The molecular formula is C26H29N5O3. The number of para-hydroxylation sites is 1. The average molecular weight is 460 g/mol. The lowest BCUT2D eigenvalue weighted by Crippen LogP contribution is -2.47. The quantitative estimate of drug-likeness (QED) is 0.475. The fourth-order valence-electron chi connectivity index (χ4n) is 4.46. The first kappa shape index (κ1) is 23.6. The third-order valence-corrected chi connectivity index (χ3v) is 6.24. The Labute approximate surface area is 199 Å². The van der Waals surface area contributed by atoms with Crippen LogP contribution in [0.3, 0.4) is 0 Å². The number of anilines is 1. The summed E-state index contributed by atoms with van der Waals surface area (Å²) in [6.45, 7) is 2.15. The van der Waals surface area contributed by atoms with Crippen molar-refractivity contribution in [3.8, 4) is 11.8 Å². The lowest BCUT2D eigenvalue weighted by molar-refractivity contribution is -0.118. The molecule has 0 aliphatic carbocycles. The van der Waals surface area contributed by atoms with Crippen molar-refractivity contribution in [2.75, 3.05) is 38.6 Å². The van der Waals surface area contributed by atoms with Gasteiger partial charge in [-0.15, -0.1) is 0 Å². The summed E-state index contributed by atoms with van der Waals surface area (Å²) in [4.78, 5) is 19.4. The molecule has 4 rings (SSSR count). The molecule has 1 aliphatic rings. The number of benzene rings is 2. The number of carbonyl (C=O) groups excluding carboxylic acids is 1. The fraction of sp³-hybridized carbons (Fsp3) is 0.346. The van der Waals surface area contributed by atoms with Gasteiger partial charge < -0.3 is 20.5 Å². The molecule has 176 valence electrons. The van der Waals surface area contributed by atoms with Gasteiger partial charge in [0.25, 0.3) is 0 Å². The molecule has 0 bridgehead atoms. The van der Waals surface area contributed by atoms with Crippen LogP contribution in [-0.4, -0.2) is 60.2 Å². The second kappa shape index (κ2) is 11.1. The Morgan fingerprint density at radius 3 is 2.85 bits per heavy atom. The molecule has 8 nitrogen and oxygen atoms in total. The summed E-state index contributed by atoms with van der Waals surface area (Å²) >= 11 is 0. The van der Waals surface area contributed by atoms with E-state index in [1.54, 1.807) is 37.6 Å². The van der Waals surface area contributed by atoms with Crippen LogP contribution in [0.15, 0.2) is 54.7 Å². The molecule has 3 aromatic rings. The van der Waals surface area contributed by atoms with E-state index in [0.717, 1.165) is 42.4 Å². The third-order valence-electron chi connectivity index (χ3n) is 6.24. The summed E-state index contributed by atoms with van der Waals surface area (Å²) in [6, 6.07) is 16.6. The zero-order chi connectivity index (χ0) is 23.9. The van der Waals surface area contributed by atoms with Gasteiger partial charge in [-0.25, -0.2) is 0 Å². The molecule has 3 N–H and O–H groups in total. The first-order chi connectivity index (χ1) is 16.6. The van der Waals surface area contributed by atoms with E-state index in [4.69, 9.17) is 4.74 Å². The lowest BCUT2D eigenvalue weighted by atomic mass is 10.0. The molecule has 1 fully saturated rings. The predicted molar refractivity (Wildman–Crippen MR) is 131 cm³/mol. The third kappa shape index (κ3) is 5.51. The Morgan fingerprint density at radius 2 is 2.09 bits per heavy atom. The van der Waals surface area contributed by atoms with Gasteiger partial charge in [-0.05, 0) is 67.9 Å². The molecule has 2 aromatic carbocycles. The highest BCUT2D eigenvalue weighted by Gasteiger charge is 2.26. The van der Waals surface area contributed by atoms with E-state index in [9.17, 15) is 15.2 Å². The number of nitrogens with zero attached hydrogens (tertiary/aromatic N) is 3. The number of hydrogen-bond donors (Lipinski definition) is 3. The Bertz CT molecular complexity index is 1190. The van der Waals surface area contributed by atoms with Crippen LogP contribution < -0.4 is 15.4 Å². The van der Waals surface area contributed by atoms with Crippen molar-refractivity contribution in [2.24, 2.45) is 0 Å². The van der Waals surface area contributed by atoms with E-state index >= 15 is 0 Å². The van der Waals surface area contributed by atoms with Gasteiger partial charge in [-0.1, -0.05) is 12.1 Å². The molecule has 1 atom stereocenters. The average Bonchev–Trinajstić information content (AvgIpc) is 2.88. The molecule has 34 heavy (non-hydrogen) atoms. The van der Waals surface area contributed by atoms with Crippen LogP contribution in [0.1, 0.15) is 30.1 Å². The Morgan fingerprint density at radius 1 is 1.29 bits per heavy atom. The molecule has 0 spiro atoms. The van der Waals surface area contributed by atoms with Crippen molar-refractivity contribution < 1.29 is 14.6 Å². The summed E-state index contributed by atoms with van der Waals surface area (Å²) in [7, 11) is 1.61. The summed E-state index contributed by atoms with van der Waals surface area (Å²) < 4.78 is 5.36. The number of rotatable bonds is 8. The highest BCUT2D eigenvalue weighted by Crippen LogP contribution is 2.28. The van der Waals surface area contributed by atoms with Gasteiger partial charge in [0.2, 0.25) is 5.91 Å². The van der Waals surface area contributed by atoms with Crippen LogP contribution in [0.25, 0.3) is 10.9 Å². The number of amides is 1. The van der Waals surface area contributed by atoms with E-state index in [1.165, 1.54) is 0 Å². The predicted octanol–water partition coefficient (Wildman–Crippen LogP) is 2.84. The highest BCUT2D eigenvalue weighted by molar-refractivity contribution is 5.93. The van der Waals surface area contributed by atoms with Gasteiger partial charge in [0.05, 0.1) is 36.5 Å². The molecule has 0 saturated carbocycles. The topological polar surface area (TPSA) is 111 Å². The van der Waals surface area contributed by atoms with Crippen molar-refractivity contribution in [1.82, 2.24) is 15.2 Å². The van der Waals surface area contributed by atoms with Gasteiger partial charge in [0.1, 0.15) is 11.8 Å². The number of hydrogen-bond acceptors (Lipinski definition) is 7. The fourth-order valence-corrected chi connectivity index (χ4v) is 4.46. The number of ether oxygens (including phenoxy) is 1. The summed E-state index contributed by atoms with van der Waals surface area (Å²) in [6.07, 6.45) is 2.65. The van der Waals surface area contributed by atoms with Crippen molar-refractivity contribution in [2.45, 2.75) is 25.0 Å². The van der Waals surface area contributed by atoms with Crippen LogP contribution >= 0.6 is 0 Å². The van der Waals surface area contributed by atoms with E-state index in [-0.39, 0.29) is 18.5 Å². The number of nitrogens with one attached hydrogen (secondary N) is 2. The number of carbonyl (C=O) groups is 1. The number of aliphatic hydroxyl groups excluding tert-OH is 1. The van der Waals surface area contributed by atoms with E-state index in [1.807, 2.05) is 29.2 Å². The maximum Gasteiger partial charge on any atom is 0.238 e. The molecule has 1 amide bonds. The first-order valence-corrected chi connectivity index (χ1v) is 11.4. The summed E-state index contributed by atoms with van der Waals surface area (Å²) in [5, 5.41) is 27.6. The number of methoxy groups -OCH3 is 1. The Hall–Kier alpha value is -3.51. The minimum Gasteiger partial charge on any atom is -0.497 e. The smallest absolute Gasteiger partial charge is 0.238 e. The second-order valence-electron chi connectivity index (χ2n) is 8.42. The van der Waals surface area contributed by atoms with Gasteiger partial charge in [0.15, 0.2) is 0 Å². The molecule has 8 heteroatoms. The van der Waals surface area contributed by atoms with E-state index < -0.39 is 6.10 Å². The standard InChI is InChI=1S/C26H29N5O3/c1-34-20-6-7-24-22(14-20)21(10-13-29-24)25(32)16-31(19-8-11-28-12-9-19)17-26(33)30-23-5-3-2-4-18(23)15-27/h2-7,10,13-14,19,25,28,32H,8-9,11-12,16-17H2,1H3,(H,30,33)/t25-/m0/s1. The number of nitriles is 1. The number of pyridine rings is 1. The van der Waals surface area contributed by atoms with Gasteiger partial charge in [-0.2, -0.15) is 5.26 Å². The molecule has 1 aromatic heterocycles. The Kier molecular flexibility index (Phi) is 7.70. The largest absolute Gasteiger partial charge is 0.497 e. The number of aliphatic hydroxyl groups is 1. The van der Waals surface area contributed by atoms with Crippen molar-refractivity contribution in [3.63, 3.8) is 0 Å². The van der Waals surface area contributed by atoms with Gasteiger partial charge in [0, 0.05) is 24.2 Å². The van der Waals surface area contributed by atoms with Crippen LogP contribution in [0.5, 0.6) is 5.75 Å². The van der Waals surface area contributed by atoms with Crippen molar-refractivity contribution >= 4 is 22.5 Å². The first-order valence-electron chi connectivity index (χ1n) is 11.4. The molecule has 1 saturated heterocycles. The zero-order valence-electron chi connectivity index (χ0n) is 19.2. The Balaban J connectivity index is 1.55. The van der Waals surface area contributed by atoms with Crippen molar-refractivity contribution in [1.29, 1.82) is 5.26 Å². The molecular weight excluding hydrogens is 430 g/mol. The molecule has 0 unspecified atom stereocenters. The highest BCUT2D eigenvalue weighted by atomic mass is 16.5. The number of fused-ring (bicyclic) bond motifs is 1. The summed E-state index contributed by atoms with van der Waals surface area (Å²) in [5.74, 6) is 0.481. The maximum atomic E-state index is 13.0. The monoisotopic (exact) mass is 459 g/mol. The lowest BCUT2D eigenvalue weighted by Gasteiger charge is -2.35. The maximum absolute atomic E-state index is 13.0. The number of aromatic nitrogens is 1. The second-order valence-corrected chi connectivity index (χ2v) is 8.42. The SMILES string of the molecule is COc1ccc2nccc([C@@H](O)CN(CC(=O)Nc3ccccc3C#N)C3CCNCC3)c2c1. The van der Waals surface area contributed by atoms with Gasteiger partial charge in [-0.3, -0.25) is 14.7 Å². The van der Waals surface area contributed by atoms with E-state index in [2.05, 4.69) is 21.7 Å². The minimum atomic E-state index is -0.813. The normalized spacial score (nSPS) is 15.1. The molecule has 0 radical (unpaired) electrons. The van der Waals surface area contributed by atoms with Crippen LogP contribution in [0.4, 0.5) is 5.69 Å². The zero-order valence-corrected chi connectivity index (χ0v) is 19.2. The number of piperidine rings is 1. The molecule has 2 heterocycles. The van der Waals surface area contributed by atoms with Gasteiger partial charge >= 0.3 is 0 Å². The van der Waals surface area contributed by atoms with E-state index in [0.29, 0.717) is 23.5 Å². The van der Waals surface area contributed by atoms with Crippen LogP contribution in [0, 0.1) is 11.3 Å². The minimum absolute atomic E-state index is 0.119. The molecule has 1 aliphatic heterocycles. The summed E-state index contributed by atoms with van der Waals surface area (Å²) in [5.41, 5.74) is 2.43. The van der Waals surface area contributed by atoms with Crippen LogP contribution in [-0.2, 0) is 4.79 Å². The van der Waals surface area contributed by atoms with Crippen molar-refractivity contribution in [3.05, 3.63) is 65.9 Å². The van der Waals surface area contributed by atoms with Crippen LogP contribution in [0.2, 0.25) is 0 Å².